The van der Waals surface area contributed by atoms with Crippen molar-refractivity contribution >= 4 is 11.3 Å². The molecule has 2 rings (SSSR count). The van der Waals surface area contributed by atoms with E-state index in [4.69, 9.17) is 4.74 Å². The predicted molar refractivity (Wildman–Crippen MR) is 57.4 cm³/mol. The number of nitrogens with one attached hydrogen (secondary N) is 1. The van der Waals surface area contributed by atoms with Crippen molar-refractivity contribution in [2.45, 2.75) is 38.5 Å². The van der Waals surface area contributed by atoms with Crippen LogP contribution in [0.25, 0.3) is 0 Å². The van der Waals surface area contributed by atoms with Gasteiger partial charge < -0.3 is 10.1 Å². The van der Waals surface area contributed by atoms with Crippen LogP contribution in [-0.2, 0) is 11.3 Å². The van der Waals surface area contributed by atoms with Crippen molar-refractivity contribution in [2.24, 2.45) is 0 Å². The number of rotatable bonds is 3. The molecule has 0 amide bonds. The Morgan fingerprint density at radius 2 is 2.64 bits per heavy atom. The zero-order valence-corrected chi connectivity index (χ0v) is 9.22. The van der Waals surface area contributed by atoms with Gasteiger partial charge in [-0.25, -0.2) is 4.98 Å². The highest BCUT2D eigenvalue weighted by Gasteiger charge is 2.18. The van der Waals surface area contributed by atoms with Gasteiger partial charge >= 0.3 is 0 Å². The smallest absolute Gasteiger partial charge is 0.106 e. The largest absolute Gasteiger partial charge is 0.378 e. The van der Waals surface area contributed by atoms with E-state index in [-0.39, 0.29) is 0 Å². The second-order valence-corrected chi connectivity index (χ2v) is 4.69. The van der Waals surface area contributed by atoms with E-state index in [1.165, 1.54) is 5.01 Å². The van der Waals surface area contributed by atoms with E-state index in [1.54, 1.807) is 11.3 Å². The van der Waals surface area contributed by atoms with Crippen LogP contribution in [0.2, 0.25) is 0 Å². The third-order valence-electron chi connectivity index (χ3n) is 2.51. The van der Waals surface area contributed by atoms with Gasteiger partial charge in [-0.2, -0.15) is 0 Å². The fraction of sp³-hybridized carbons (Fsp3) is 0.700. The van der Waals surface area contributed by atoms with Gasteiger partial charge in [0.15, 0.2) is 0 Å². The van der Waals surface area contributed by atoms with E-state index in [1.807, 2.05) is 11.6 Å². The summed E-state index contributed by atoms with van der Waals surface area (Å²) in [5, 5.41) is 6.71. The van der Waals surface area contributed by atoms with Crippen LogP contribution < -0.4 is 5.32 Å². The Labute approximate surface area is 88.5 Å². The average molecular weight is 212 g/mol. The lowest BCUT2D eigenvalue weighted by Crippen LogP contribution is -2.37. The third kappa shape index (κ3) is 2.77. The number of ether oxygens (including phenoxy) is 1. The molecule has 1 N–H and O–H groups in total. The summed E-state index contributed by atoms with van der Waals surface area (Å²) in [6.07, 6.45) is 4.49. The van der Waals surface area contributed by atoms with Crippen LogP contribution in [0.5, 0.6) is 0 Å². The molecule has 0 saturated carbocycles. The molecule has 1 saturated heterocycles. The molecule has 1 aromatic heterocycles. The van der Waals surface area contributed by atoms with Gasteiger partial charge in [-0.3, -0.25) is 0 Å². The van der Waals surface area contributed by atoms with Crippen LogP contribution >= 0.6 is 11.3 Å². The van der Waals surface area contributed by atoms with Gasteiger partial charge in [-0.1, -0.05) is 0 Å². The molecule has 0 radical (unpaired) electrons. The Hall–Kier alpha value is -0.450. The van der Waals surface area contributed by atoms with Crippen molar-refractivity contribution in [1.29, 1.82) is 0 Å². The maximum absolute atomic E-state index is 5.49. The van der Waals surface area contributed by atoms with Gasteiger partial charge in [0.1, 0.15) is 5.01 Å². The summed E-state index contributed by atoms with van der Waals surface area (Å²) in [5.41, 5.74) is 0. The molecule has 1 fully saturated rings. The maximum Gasteiger partial charge on any atom is 0.106 e. The number of thiazole rings is 1. The van der Waals surface area contributed by atoms with Gasteiger partial charge in [0, 0.05) is 30.8 Å². The first-order valence-corrected chi connectivity index (χ1v) is 5.96. The summed E-state index contributed by atoms with van der Waals surface area (Å²) in [5.74, 6) is 0. The summed E-state index contributed by atoms with van der Waals surface area (Å²) in [7, 11) is 0. The number of nitrogens with zero attached hydrogens (tertiary/aromatic N) is 1. The first-order valence-electron chi connectivity index (χ1n) is 5.08. The highest BCUT2D eigenvalue weighted by molar-refractivity contribution is 7.09. The molecular formula is C10H16N2OS. The maximum atomic E-state index is 5.49. The van der Waals surface area contributed by atoms with Crippen molar-refractivity contribution in [2.75, 3.05) is 6.61 Å². The zero-order valence-electron chi connectivity index (χ0n) is 8.40. The van der Waals surface area contributed by atoms with Crippen molar-refractivity contribution < 1.29 is 4.74 Å². The Kier molecular flexibility index (Phi) is 3.50. The highest BCUT2D eigenvalue weighted by atomic mass is 32.1. The molecule has 78 valence electrons. The lowest BCUT2D eigenvalue weighted by atomic mass is 10.0. The predicted octanol–water partition coefficient (Wildman–Crippen LogP) is 1.80. The molecule has 2 heterocycles. The lowest BCUT2D eigenvalue weighted by Gasteiger charge is -2.27. The number of aromatic nitrogens is 1. The van der Waals surface area contributed by atoms with Crippen LogP contribution in [0, 0.1) is 0 Å². The molecule has 1 aliphatic heterocycles. The molecule has 1 aromatic rings. The van der Waals surface area contributed by atoms with Crippen molar-refractivity contribution in [3.05, 3.63) is 16.6 Å². The molecule has 1 aliphatic rings. The first kappa shape index (κ1) is 10.1. The van der Waals surface area contributed by atoms with E-state index in [0.29, 0.717) is 12.1 Å². The summed E-state index contributed by atoms with van der Waals surface area (Å²) in [6, 6.07) is 0.600. The first-order chi connectivity index (χ1) is 6.84. The van der Waals surface area contributed by atoms with Crippen LogP contribution in [-0.4, -0.2) is 23.7 Å². The van der Waals surface area contributed by atoms with Crippen molar-refractivity contribution in [3.63, 3.8) is 0 Å². The van der Waals surface area contributed by atoms with Gasteiger partial charge in [-0.05, 0) is 19.8 Å². The Balaban J connectivity index is 1.75. The zero-order chi connectivity index (χ0) is 9.80. The van der Waals surface area contributed by atoms with Crippen molar-refractivity contribution in [3.8, 4) is 0 Å². The molecule has 3 nitrogen and oxygen atoms in total. The number of hydrogen-bond acceptors (Lipinski definition) is 4. The Morgan fingerprint density at radius 1 is 1.71 bits per heavy atom. The minimum Gasteiger partial charge on any atom is -0.378 e. The molecule has 2 atom stereocenters. The van der Waals surface area contributed by atoms with Crippen LogP contribution in [0.1, 0.15) is 24.8 Å². The minimum absolute atomic E-state index is 0.401. The summed E-state index contributed by atoms with van der Waals surface area (Å²) >= 11 is 1.71. The number of hydrogen-bond donors (Lipinski definition) is 1. The standard InChI is InChI=1S/C10H16N2OS/c1-8-6-9(2-4-13-8)12-7-10-11-3-5-14-10/h3,5,8-9,12H,2,4,6-7H2,1H3. The van der Waals surface area contributed by atoms with Crippen LogP contribution in [0.4, 0.5) is 0 Å². The summed E-state index contributed by atoms with van der Waals surface area (Å²) in [4.78, 5) is 4.24. The molecule has 0 aromatic carbocycles. The minimum atomic E-state index is 0.401. The summed E-state index contributed by atoms with van der Waals surface area (Å²) < 4.78 is 5.49. The second-order valence-electron chi connectivity index (χ2n) is 3.71. The quantitative estimate of drug-likeness (QED) is 0.829. The van der Waals surface area contributed by atoms with E-state index in [0.717, 1.165) is 26.0 Å². The Bertz CT molecular complexity index is 263. The van der Waals surface area contributed by atoms with Gasteiger partial charge in [-0.15, -0.1) is 11.3 Å². The molecule has 0 aliphatic carbocycles. The molecule has 4 heteroatoms. The van der Waals surface area contributed by atoms with E-state index in [2.05, 4.69) is 17.2 Å². The fourth-order valence-electron chi connectivity index (χ4n) is 1.76. The van der Waals surface area contributed by atoms with Crippen LogP contribution in [0.3, 0.4) is 0 Å². The molecule has 2 unspecified atom stereocenters. The van der Waals surface area contributed by atoms with E-state index in [9.17, 15) is 0 Å². The lowest BCUT2D eigenvalue weighted by molar-refractivity contribution is 0.0130. The van der Waals surface area contributed by atoms with Crippen LogP contribution in [0.15, 0.2) is 11.6 Å². The van der Waals surface area contributed by atoms with Gasteiger partial charge in [0.2, 0.25) is 0 Å². The second kappa shape index (κ2) is 4.87. The fourth-order valence-corrected chi connectivity index (χ4v) is 2.32. The van der Waals surface area contributed by atoms with Gasteiger partial charge in [0.25, 0.3) is 0 Å². The molecule has 0 spiro atoms. The molecule has 0 bridgehead atoms. The SMILES string of the molecule is CC1CC(NCc2nccs2)CCO1. The monoisotopic (exact) mass is 212 g/mol. The highest BCUT2D eigenvalue weighted by Crippen LogP contribution is 2.14. The normalized spacial score (nSPS) is 27.8. The van der Waals surface area contributed by atoms with E-state index >= 15 is 0 Å². The Morgan fingerprint density at radius 3 is 3.36 bits per heavy atom. The molecular weight excluding hydrogens is 196 g/mol. The third-order valence-corrected chi connectivity index (χ3v) is 3.29. The molecule has 14 heavy (non-hydrogen) atoms. The van der Waals surface area contributed by atoms with Gasteiger partial charge in [0.05, 0.1) is 6.10 Å². The summed E-state index contributed by atoms with van der Waals surface area (Å²) in [6.45, 7) is 3.92. The van der Waals surface area contributed by atoms with E-state index < -0.39 is 0 Å². The topological polar surface area (TPSA) is 34.2 Å². The average Bonchev–Trinajstić information content (AvgIpc) is 2.67. The van der Waals surface area contributed by atoms with Crippen molar-refractivity contribution in [1.82, 2.24) is 10.3 Å².